The predicted octanol–water partition coefficient (Wildman–Crippen LogP) is -0.494. The summed E-state index contributed by atoms with van der Waals surface area (Å²) in [6, 6.07) is 2.37. The molecule has 2 rings (SSSR count). The Morgan fingerprint density at radius 2 is 1.34 bits per heavy atom. The van der Waals surface area contributed by atoms with E-state index in [-0.39, 0.29) is 43.7 Å². The van der Waals surface area contributed by atoms with Crippen molar-refractivity contribution >= 4 is 23.7 Å². The number of carbonyl (C=O) groups is 4. The lowest BCUT2D eigenvalue weighted by Gasteiger charge is -2.13. The van der Waals surface area contributed by atoms with Gasteiger partial charge in [-0.2, -0.15) is 0 Å². The SMILES string of the molecule is O=C(CCCCC(=O)On1c(O)ccc1O)NCCOCCOCCOCCN1C(=O)C=CC1=O. The lowest BCUT2D eigenvalue weighted by Crippen LogP contribution is -2.33. The Hall–Kier alpha value is -3.42. The minimum absolute atomic E-state index is 0.0355. The van der Waals surface area contributed by atoms with E-state index in [1.807, 2.05) is 0 Å². The standard InChI is InChI=1S/C22H31N3O10/c26-17(3-1-2-4-22(31)35-25-20(29)7-8-21(25)30)23-9-11-32-13-15-34-16-14-33-12-10-24-18(27)5-6-19(24)28/h5-8,29-30H,1-4,9-16H2,(H,23,26). The van der Waals surface area contributed by atoms with Crippen LogP contribution in [-0.4, -0.2) is 96.3 Å². The monoisotopic (exact) mass is 497 g/mol. The van der Waals surface area contributed by atoms with Gasteiger partial charge in [0.1, 0.15) is 0 Å². The Balaban J connectivity index is 1.33. The van der Waals surface area contributed by atoms with Gasteiger partial charge in [-0.05, 0) is 12.8 Å². The van der Waals surface area contributed by atoms with E-state index in [2.05, 4.69) is 5.32 Å². The molecule has 1 aromatic heterocycles. The van der Waals surface area contributed by atoms with Crippen molar-refractivity contribution in [1.82, 2.24) is 14.9 Å². The highest BCUT2D eigenvalue weighted by Gasteiger charge is 2.22. The van der Waals surface area contributed by atoms with Crippen molar-refractivity contribution in [2.75, 3.05) is 52.7 Å². The molecule has 194 valence electrons. The second kappa shape index (κ2) is 15.5. The van der Waals surface area contributed by atoms with E-state index in [9.17, 15) is 29.4 Å². The number of imide groups is 1. The van der Waals surface area contributed by atoms with Gasteiger partial charge in [0.15, 0.2) is 0 Å². The third-order valence-corrected chi connectivity index (χ3v) is 4.70. The van der Waals surface area contributed by atoms with Gasteiger partial charge in [0.05, 0.1) is 46.2 Å². The molecule has 0 fully saturated rings. The molecule has 3 N–H and O–H groups in total. The number of nitrogens with one attached hydrogen (secondary N) is 1. The first-order valence-corrected chi connectivity index (χ1v) is 11.2. The first-order chi connectivity index (χ1) is 16.9. The van der Waals surface area contributed by atoms with Crippen LogP contribution in [0.2, 0.25) is 0 Å². The molecular weight excluding hydrogens is 466 g/mol. The fraction of sp³-hybridized carbons (Fsp3) is 0.545. The highest BCUT2D eigenvalue weighted by Crippen LogP contribution is 2.19. The summed E-state index contributed by atoms with van der Waals surface area (Å²) in [5.41, 5.74) is 0. The summed E-state index contributed by atoms with van der Waals surface area (Å²) in [4.78, 5) is 52.1. The summed E-state index contributed by atoms with van der Waals surface area (Å²) in [5, 5.41) is 21.5. The second-order valence-corrected chi connectivity index (χ2v) is 7.36. The minimum Gasteiger partial charge on any atom is -0.492 e. The molecule has 1 aliphatic rings. The van der Waals surface area contributed by atoms with E-state index >= 15 is 0 Å². The van der Waals surface area contributed by atoms with Gasteiger partial charge in [0.2, 0.25) is 17.7 Å². The molecule has 0 saturated heterocycles. The van der Waals surface area contributed by atoms with E-state index in [0.29, 0.717) is 57.2 Å². The zero-order valence-corrected chi connectivity index (χ0v) is 19.3. The van der Waals surface area contributed by atoms with Gasteiger partial charge in [-0.15, -0.1) is 4.73 Å². The molecule has 35 heavy (non-hydrogen) atoms. The maximum Gasteiger partial charge on any atom is 0.333 e. The van der Waals surface area contributed by atoms with Crippen LogP contribution in [0.25, 0.3) is 0 Å². The number of nitrogens with zero attached hydrogens (tertiary/aromatic N) is 2. The lowest BCUT2D eigenvalue weighted by atomic mass is 10.2. The van der Waals surface area contributed by atoms with E-state index in [4.69, 9.17) is 19.0 Å². The normalized spacial score (nSPS) is 13.0. The van der Waals surface area contributed by atoms with Crippen molar-refractivity contribution in [1.29, 1.82) is 0 Å². The van der Waals surface area contributed by atoms with Crippen LogP contribution >= 0.6 is 0 Å². The zero-order chi connectivity index (χ0) is 25.5. The first-order valence-electron chi connectivity index (χ1n) is 11.2. The molecule has 0 saturated carbocycles. The van der Waals surface area contributed by atoms with Crippen molar-refractivity contribution in [3.63, 3.8) is 0 Å². The van der Waals surface area contributed by atoms with Gasteiger partial charge in [-0.25, -0.2) is 4.79 Å². The van der Waals surface area contributed by atoms with E-state index in [0.717, 1.165) is 4.90 Å². The van der Waals surface area contributed by atoms with Gasteiger partial charge in [0, 0.05) is 43.7 Å². The third kappa shape index (κ3) is 10.6. The number of aromatic nitrogens is 1. The Bertz CT molecular complexity index is 845. The Kier molecular flexibility index (Phi) is 12.3. The maximum absolute atomic E-state index is 11.8. The van der Waals surface area contributed by atoms with Crippen LogP contribution in [0.1, 0.15) is 25.7 Å². The highest BCUT2D eigenvalue weighted by molar-refractivity contribution is 6.12. The number of rotatable bonds is 18. The molecule has 0 unspecified atom stereocenters. The third-order valence-electron chi connectivity index (χ3n) is 4.70. The molecule has 1 aliphatic heterocycles. The average Bonchev–Trinajstić information content (AvgIpc) is 3.32. The van der Waals surface area contributed by atoms with E-state index in [1.165, 1.54) is 24.3 Å². The second-order valence-electron chi connectivity index (χ2n) is 7.36. The number of carbonyl (C=O) groups excluding carboxylic acids is 4. The topological polar surface area (TPSA) is 166 Å². The maximum atomic E-state index is 11.8. The number of hydrogen-bond donors (Lipinski definition) is 3. The summed E-state index contributed by atoms with van der Waals surface area (Å²) >= 11 is 0. The van der Waals surface area contributed by atoms with Crippen molar-refractivity contribution in [3.05, 3.63) is 24.3 Å². The number of hydrogen-bond acceptors (Lipinski definition) is 10. The number of unbranched alkanes of at least 4 members (excludes halogenated alkanes) is 1. The number of aromatic hydroxyl groups is 2. The molecule has 1 aromatic rings. The molecule has 13 nitrogen and oxygen atoms in total. The molecule has 0 atom stereocenters. The van der Waals surface area contributed by atoms with Crippen LogP contribution in [0.5, 0.6) is 11.8 Å². The van der Waals surface area contributed by atoms with Crippen molar-refractivity contribution < 1.29 is 48.4 Å². The molecule has 0 spiro atoms. The van der Waals surface area contributed by atoms with Crippen molar-refractivity contribution in [3.8, 4) is 11.8 Å². The summed E-state index contributed by atoms with van der Waals surface area (Å²) in [7, 11) is 0. The highest BCUT2D eigenvalue weighted by atomic mass is 16.7. The van der Waals surface area contributed by atoms with Gasteiger partial charge in [-0.1, -0.05) is 0 Å². The van der Waals surface area contributed by atoms with Gasteiger partial charge < -0.3 is 34.6 Å². The molecule has 13 heteroatoms. The fourth-order valence-electron chi connectivity index (χ4n) is 2.90. The summed E-state index contributed by atoms with van der Waals surface area (Å²) in [5.74, 6) is -2.25. The summed E-state index contributed by atoms with van der Waals surface area (Å²) in [6.07, 6.45) is 3.63. The molecule has 0 radical (unpaired) electrons. The zero-order valence-electron chi connectivity index (χ0n) is 19.3. The largest absolute Gasteiger partial charge is 0.492 e. The number of amides is 3. The Labute approximate surface area is 202 Å². The van der Waals surface area contributed by atoms with Crippen LogP contribution in [0.15, 0.2) is 24.3 Å². The van der Waals surface area contributed by atoms with Gasteiger partial charge >= 0.3 is 5.97 Å². The fourth-order valence-corrected chi connectivity index (χ4v) is 2.90. The van der Waals surface area contributed by atoms with Crippen LogP contribution in [0.3, 0.4) is 0 Å². The summed E-state index contributed by atoms with van der Waals surface area (Å²) < 4.78 is 16.6. The van der Waals surface area contributed by atoms with Crippen LogP contribution in [0.4, 0.5) is 0 Å². The van der Waals surface area contributed by atoms with E-state index < -0.39 is 17.7 Å². The Morgan fingerprint density at radius 1 is 0.800 bits per heavy atom. The summed E-state index contributed by atoms with van der Waals surface area (Å²) in [6.45, 7) is 2.51. The van der Waals surface area contributed by atoms with Crippen LogP contribution in [0, 0.1) is 0 Å². The van der Waals surface area contributed by atoms with Crippen molar-refractivity contribution in [2.24, 2.45) is 0 Å². The molecule has 0 aromatic carbocycles. The molecule has 3 amide bonds. The van der Waals surface area contributed by atoms with Crippen LogP contribution in [-0.2, 0) is 33.4 Å². The smallest absolute Gasteiger partial charge is 0.333 e. The molecule has 0 bridgehead atoms. The predicted molar refractivity (Wildman–Crippen MR) is 119 cm³/mol. The van der Waals surface area contributed by atoms with Crippen LogP contribution < -0.4 is 10.2 Å². The first kappa shape index (κ1) is 27.8. The van der Waals surface area contributed by atoms with Gasteiger partial charge in [0.25, 0.3) is 11.8 Å². The lowest BCUT2D eigenvalue weighted by molar-refractivity contribution is -0.145. The molecular formula is C22H31N3O10. The minimum atomic E-state index is -0.637. The average molecular weight is 498 g/mol. The van der Waals surface area contributed by atoms with E-state index in [1.54, 1.807) is 0 Å². The number of ether oxygens (including phenoxy) is 3. The quantitative estimate of drug-likeness (QED) is 0.178. The molecule has 0 aliphatic carbocycles. The van der Waals surface area contributed by atoms with Crippen molar-refractivity contribution in [2.45, 2.75) is 25.7 Å². The molecule has 2 heterocycles. The Morgan fingerprint density at radius 3 is 1.97 bits per heavy atom. The van der Waals surface area contributed by atoms with Gasteiger partial charge in [-0.3, -0.25) is 19.3 Å².